The average Bonchev–Trinajstić information content (AvgIpc) is 2.05. The molecule has 0 saturated heterocycles. The van der Waals surface area contributed by atoms with Gasteiger partial charge in [0.05, 0.1) is 10.5 Å². The van der Waals surface area contributed by atoms with Gasteiger partial charge in [0.1, 0.15) is 0 Å². The van der Waals surface area contributed by atoms with E-state index in [-0.39, 0.29) is 0 Å². The quantitative estimate of drug-likeness (QED) is 0.749. The molecule has 1 rings (SSSR count). The van der Waals surface area contributed by atoms with Crippen molar-refractivity contribution in [2.75, 3.05) is 5.33 Å². The fraction of sp³-hybridized carbons (Fsp3) is 0.286. The summed E-state index contributed by atoms with van der Waals surface area (Å²) in [5.41, 5.74) is 1.07. The van der Waals surface area contributed by atoms with Gasteiger partial charge in [-0.25, -0.2) is 0 Å². The first-order valence-electron chi connectivity index (χ1n) is 2.95. The Morgan fingerprint density at radius 2 is 2.30 bits per heavy atom. The lowest BCUT2D eigenvalue weighted by molar-refractivity contribution is 1.04. The van der Waals surface area contributed by atoms with E-state index in [2.05, 4.69) is 36.8 Å². The molecule has 0 bridgehead atoms. The SMILES string of the molecule is BrCC(Br)c1ccccn1. The molecule has 0 aromatic carbocycles. The average molecular weight is 265 g/mol. The molecule has 0 N–H and O–H groups in total. The van der Waals surface area contributed by atoms with Crippen molar-refractivity contribution >= 4 is 31.9 Å². The van der Waals surface area contributed by atoms with Crippen LogP contribution in [0, 0.1) is 0 Å². The molecule has 0 saturated carbocycles. The number of hydrogen-bond acceptors (Lipinski definition) is 1. The lowest BCUT2D eigenvalue weighted by atomic mass is 10.3. The third kappa shape index (κ3) is 2.06. The van der Waals surface area contributed by atoms with Gasteiger partial charge in [0.15, 0.2) is 0 Å². The Bertz CT molecular complexity index is 188. The molecule has 0 amide bonds. The van der Waals surface area contributed by atoms with Crippen molar-refractivity contribution in [1.82, 2.24) is 4.98 Å². The summed E-state index contributed by atoms with van der Waals surface area (Å²) in [6.07, 6.45) is 1.80. The van der Waals surface area contributed by atoms with Gasteiger partial charge in [-0.3, -0.25) is 4.98 Å². The van der Waals surface area contributed by atoms with Crippen LogP contribution in [0.25, 0.3) is 0 Å². The van der Waals surface area contributed by atoms with Crippen LogP contribution in [0.1, 0.15) is 10.5 Å². The fourth-order valence-corrected chi connectivity index (χ4v) is 1.24. The third-order valence-electron chi connectivity index (χ3n) is 1.14. The maximum atomic E-state index is 4.17. The van der Waals surface area contributed by atoms with Gasteiger partial charge in [0, 0.05) is 11.5 Å². The second-order valence-electron chi connectivity index (χ2n) is 1.88. The Morgan fingerprint density at radius 1 is 1.50 bits per heavy atom. The van der Waals surface area contributed by atoms with Crippen LogP contribution in [0.2, 0.25) is 0 Å². The molecule has 1 nitrogen and oxygen atoms in total. The fourth-order valence-electron chi connectivity index (χ4n) is 0.640. The summed E-state index contributed by atoms with van der Waals surface area (Å²) in [6.45, 7) is 0. The molecule has 0 aliphatic heterocycles. The van der Waals surface area contributed by atoms with E-state index >= 15 is 0 Å². The van der Waals surface area contributed by atoms with E-state index in [4.69, 9.17) is 0 Å². The molecule has 0 spiro atoms. The van der Waals surface area contributed by atoms with Crippen LogP contribution in [-0.2, 0) is 0 Å². The highest BCUT2D eigenvalue weighted by molar-refractivity contribution is 9.12. The molecule has 0 radical (unpaired) electrons. The van der Waals surface area contributed by atoms with Crippen LogP contribution < -0.4 is 0 Å². The number of hydrogen-bond donors (Lipinski definition) is 0. The number of halogens is 2. The van der Waals surface area contributed by atoms with Gasteiger partial charge < -0.3 is 0 Å². The van der Waals surface area contributed by atoms with Crippen molar-refractivity contribution in [3.63, 3.8) is 0 Å². The number of rotatable bonds is 2. The van der Waals surface area contributed by atoms with Crippen LogP contribution in [0.5, 0.6) is 0 Å². The van der Waals surface area contributed by atoms with Gasteiger partial charge in [-0.05, 0) is 12.1 Å². The van der Waals surface area contributed by atoms with E-state index in [1.54, 1.807) is 6.20 Å². The van der Waals surface area contributed by atoms with E-state index in [1.165, 1.54) is 0 Å². The van der Waals surface area contributed by atoms with E-state index in [9.17, 15) is 0 Å². The molecule has 1 aromatic rings. The number of alkyl halides is 2. The molecule has 54 valence electrons. The zero-order chi connectivity index (χ0) is 7.40. The first-order chi connectivity index (χ1) is 4.84. The minimum atomic E-state index is 0.327. The summed E-state index contributed by atoms with van der Waals surface area (Å²) in [5.74, 6) is 0. The Balaban J connectivity index is 2.75. The van der Waals surface area contributed by atoms with E-state index in [0.717, 1.165) is 11.0 Å². The van der Waals surface area contributed by atoms with Crippen LogP contribution in [0.15, 0.2) is 24.4 Å². The molecule has 10 heavy (non-hydrogen) atoms. The molecular formula is C7H7Br2N. The topological polar surface area (TPSA) is 12.9 Å². The van der Waals surface area contributed by atoms with Gasteiger partial charge in [-0.1, -0.05) is 37.9 Å². The van der Waals surface area contributed by atoms with Crippen molar-refractivity contribution < 1.29 is 0 Å². The summed E-state index contributed by atoms with van der Waals surface area (Å²) in [7, 11) is 0. The first-order valence-corrected chi connectivity index (χ1v) is 4.99. The highest BCUT2D eigenvalue weighted by Gasteiger charge is 2.03. The molecule has 0 aliphatic rings. The van der Waals surface area contributed by atoms with E-state index < -0.39 is 0 Å². The van der Waals surface area contributed by atoms with Crippen molar-refractivity contribution in [2.45, 2.75) is 4.83 Å². The minimum absolute atomic E-state index is 0.327. The zero-order valence-corrected chi connectivity index (χ0v) is 8.47. The van der Waals surface area contributed by atoms with E-state index in [1.807, 2.05) is 18.2 Å². The largest absolute Gasteiger partial charge is 0.260 e. The first kappa shape index (κ1) is 8.21. The summed E-state index contributed by atoms with van der Waals surface area (Å²) >= 11 is 6.84. The van der Waals surface area contributed by atoms with Crippen LogP contribution in [0.4, 0.5) is 0 Å². The van der Waals surface area contributed by atoms with Crippen molar-refractivity contribution in [1.29, 1.82) is 0 Å². The predicted molar refractivity (Wildman–Crippen MR) is 49.7 cm³/mol. The van der Waals surface area contributed by atoms with Gasteiger partial charge in [0.25, 0.3) is 0 Å². The number of nitrogens with zero attached hydrogens (tertiary/aromatic N) is 1. The summed E-state index contributed by atoms with van der Waals surface area (Å²) < 4.78 is 0. The maximum absolute atomic E-state index is 4.17. The highest BCUT2D eigenvalue weighted by atomic mass is 79.9. The Kier molecular flexibility index (Phi) is 3.35. The lowest BCUT2D eigenvalue weighted by Gasteiger charge is -2.02. The van der Waals surface area contributed by atoms with Crippen LogP contribution in [0.3, 0.4) is 0 Å². The number of pyridine rings is 1. The Hall–Kier alpha value is 0.110. The molecule has 1 heterocycles. The highest BCUT2D eigenvalue weighted by Crippen LogP contribution is 2.21. The second kappa shape index (κ2) is 4.09. The standard InChI is InChI=1S/C7H7Br2N/c8-5-6(9)7-3-1-2-4-10-7/h1-4,6H,5H2. The zero-order valence-electron chi connectivity index (χ0n) is 5.30. The number of aromatic nitrogens is 1. The molecule has 1 atom stereocenters. The van der Waals surface area contributed by atoms with Crippen LogP contribution >= 0.6 is 31.9 Å². The summed E-state index contributed by atoms with van der Waals surface area (Å²) in [6, 6.07) is 5.90. The smallest absolute Gasteiger partial charge is 0.0664 e. The molecule has 0 fully saturated rings. The molecular weight excluding hydrogens is 258 g/mol. The summed E-state index contributed by atoms with van der Waals surface area (Å²) in [5, 5.41) is 0.893. The van der Waals surface area contributed by atoms with Crippen molar-refractivity contribution in [2.24, 2.45) is 0 Å². The van der Waals surface area contributed by atoms with Crippen molar-refractivity contribution in [3.8, 4) is 0 Å². The lowest BCUT2D eigenvalue weighted by Crippen LogP contribution is -1.92. The Labute approximate surface area is 77.1 Å². The predicted octanol–water partition coefficient (Wildman–Crippen LogP) is 2.91. The van der Waals surface area contributed by atoms with E-state index in [0.29, 0.717) is 4.83 Å². The summed E-state index contributed by atoms with van der Waals surface area (Å²) in [4.78, 5) is 4.50. The van der Waals surface area contributed by atoms with Crippen LogP contribution in [-0.4, -0.2) is 10.3 Å². The second-order valence-corrected chi connectivity index (χ2v) is 3.63. The van der Waals surface area contributed by atoms with Gasteiger partial charge in [-0.2, -0.15) is 0 Å². The Morgan fingerprint density at radius 3 is 2.80 bits per heavy atom. The van der Waals surface area contributed by atoms with Gasteiger partial charge in [0.2, 0.25) is 0 Å². The van der Waals surface area contributed by atoms with Gasteiger partial charge in [-0.15, -0.1) is 0 Å². The monoisotopic (exact) mass is 263 g/mol. The minimum Gasteiger partial charge on any atom is -0.260 e. The molecule has 1 unspecified atom stereocenters. The molecule has 1 aromatic heterocycles. The normalized spacial score (nSPS) is 13.0. The maximum Gasteiger partial charge on any atom is 0.0664 e. The van der Waals surface area contributed by atoms with Gasteiger partial charge >= 0.3 is 0 Å². The third-order valence-corrected chi connectivity index (χ3v) is 3.45. The molecule has 3 heteroatoms. The molecule has 0 aliphatic carbocycles. The van der Waals surface area contributed by atoms with Crippen molar-refractivity contribution in [3.05, 3.63) is 30.1 Å².